The van der Waals surface area contributed by atoms with Crippen molar-refractivity contribution in [1.29, 1.82) is 0 Å². The molecule has 0 saturated carbocycles. The van der Waals surface area contributed by atoms with Crippen molar-refractivity contribution in [2.75, 3.05) is 39.3 Å². The largest absolute Gasteiger partial charge is 0.294 e. The summed E-state index contributed by atoms with van der Waals surface area (Å²) in [6, 6.07) is 0. The molecule has 118 valence electrons. The Hall–Kier alpha value is -0.610. The maximum absolute atomic E-state index is 12.5. The minimum Gasteiger partial charge on any atom is -0.294 e. The molecule has 0 N–H and O–H groups in total. The third kappa shape index (κ3) is 3.42. The van der Waals surface area contributed by atoms with Crippen molar-refractivity contribution in [3.63, 3.8) is 0 Å². The summed E-state index contributed by atoms with van der Waals surface area (Å²) < 4.78 is 28.2. The van der Waals surface area contributed by atoms with Crippen molar-refractivity contribution in [3.05, 3.63) is 10.0 Å². The minimum absolute atomic E-state index is 0.566. The molecule has 2 saturated heterocycles. The van der Waals surface area contributed by atoms with Crippen LogP contribution in [-0.4, -0.2) is 71.4 Å². The SMILES string of the molecule is Cc1nnc(CN2CCN(S(=O)(=O)N3CCCC3)CC2)s1. The minimum atomic E-state index is -3.24. The molecule has 1 aromatic rings. The molecule has 9 heteroatoms. The van der Waals surface area contributed by atoms with Crippen LogP contribution in [-0.2, 0) is 16.8 Å². The van der Waals surface area contributed by atoms with E-state index in [4.69, 9.17) is 0 Å². The van der Waals surface area contributed by atoms with Crippen molar-refractivity contribution in [2.24, 2.45) is 0 Å². The van der Waals surface area contributed by atoms with Gasteiger partial charge in [-0.3, -0.25) is 4.90 Å². The second-order valence-corrected chi connectivity index (χ2v) is 8.70. The van der Waals surface area contributed by atoms with Gasteiger partial charge in [-0.2, -0.15) is 17.0 Å². The van der Waals surface area contributed by atoms with Crippen LogP contribution in [0.15, 0.2) is 0 Å². The topological polar surface area (TPSA) is 69.6 Å². The first-order valence-corrected chi connectivity index (χ1v) is 9.53. The van der Waals surface area contributed by atoms with Gasteiger partial charge in [-0.05, 0) is 19.8 Å². The van der Waals surface area contributed by atoms with E-state index in [0.29, 0.717) is 26.2 Å². The number of hydrogen-bond acceptors (Lipinski definition) is 6. The number of aryl methyl sites for hydroxylation is 1. The van der Waals surface area contributed by atoms with E-state index in [2.05, 4.69) is 15.1 Å². The molecule has 7 nitrogen and oxygen atoms in total. The van der Waals surface area contributed by atoms with Gasteiger partial charge < -0.3 is 0 Å². The molecule has 2 aliphatic rings. The van der Waals surface area contributed by atoms with E-state index in [1.807, 2.05) is 6.92 Å². The van der Waals surface area contributed by atoms with E-state index in [9.17, 15) is 8.42 Å². The molecule has 0 radical (unpaired) electrons. The fraction of sp³-hybridized carbons (Fsp3) is 0.833. The molecule has 0 bridgehead atoms. The maximum atomic E-state index is 12.5. The van der Waals surface area contributed by atoms with E-state index in [0.717, 1.165) is 42.5 Å². The summed E-state index contributed by atoms with van der Waals surface area (Å²) in [5.41, 5.74) is 0. The molecule has 0 aromatic carbocycles. The van der Waals surface area contributed by atoms with Crippen molar-refractivity contribution in [2.45, 2.75) is 26.3 Å². The summed E-state index contributed by atoms with van der Waals surface area (Å²) >= 11 is 1.60. The highest BCUT2D eigenvalue weighted by atomic mass is 32.2. The predicted octanol–water partition coefficient (Wildman–Crippen LogP) is 0.305. The summed E-state index contributed by atoms with van der Waals surface area (Å²) in [6.07, 6.45) is 1.96. The predicted molar refractivity (Wildman–Crippen MR) is 81.2 cm³/mol. The molecule has 21 heavy (non-hydrogen) atoms. The number of hydrogen-bond donors (Lipinski definition) is 0. The summed E-state index contributed by atoms with van der Waals surface area (Å²) in [7, 11) is -3.24. The van der Waals surface area contributed by atoms with Gasteiger partial charge in [0, 0.05) is 39.3 Å². The zero-order chi connectivity index (χ0) is 14.9. The van der Waals surface area contributed by atoms with Crippen LogP contribution in [0.3, 0.4) is 0 Å². The van der Waals surface area contributed by atoms with Crippen LogP contribution in [0, 0.1) is 6.92 Å². The molecule has 1 aromatic heterocycles. The Kier molecular flexibility index (Phi) is 4.55. The number of piperazine rings is 1. The van der Waals surface area contributed by atoms with Crippen LogP contribution < -0.4 is 0 Å². The first-order chi connectivity index (χ1) is 10.1. The molecule has 2 fully saturated rings. The maximum Gasteiger partial charge on any atom is 0.282 e. The fourth-order valence-electron chi connectivity index (χ4n) is 2.79. The van der Waals surface area contributed by atoms with Gasteiger partial charge in [-0.25, -0.2) is 0 Å². The standard InChI is InChI=1S/C12H21N5O2S2/c1-11-13-14-12(20-11)10-15-6-8-17(9-7-15)21(18,19)16-4-2-3-5-16/h2-10H2,1H3. The molecule has 0 unspecified atom stereocenters. The summed E-state index contributed by atoms with van der Waals surface area (Å²) in [4.78, 5) is 2.25. The Morgan fingerprint density at radius 2 is 1.62 bits per heavy atom. The zero-order valence-electron chi connectivity index (χ0n) is 12.2. The molecule has 0 atom stereocenters. The zero-order valence-corrected chi connectivity index (χ0v) is 13.9. The first-order valence-electron chi connectivity index (χ1n) is 7.32. The van der Waals surface area contributed by atoms with Crippen LogP contribution >= 0.6 is 11.3 Å². The summed E-state index contributed by atoms with van der Waals surface area (Å²) in [5.74, 6) is 0. The lowest BCUT2D eigenvalue weighted by atomic mass is 10.3. The van der Waals surface area contributed by atoms with Crippen molar-refractivity contribution >= 4 is 21.5 Å². The lowest BCUT2D eigenvalue weighted by molar-refractivity contribution is 0.175. The number of nitrogens with zero attached hydrogens (tertiary/aromatic N) is 5. The Morgan fingerprint density at radius 1 is 1.00 bits per heavy atom. The Morgan fingerprint density at radius 3 is 2.19 bits per heavy atom. The molecule has 2 aliphatic heterocycles. The van der Waals surface area contributed by atoms with Gasteiger partial charge in [0.15, 0.2) is 0 Å². The smallest absolute Gasteiger partial charge is 0.282 e. The van der Waals surface area contributed by atoms with Crippen molar-refractivity contribution in [1.82, 2.24) is 23.7 Å². The highest BCUT2D eigenvalue weighted by molar-refractivity contribution is 7.86. The summed E-state index contributed by atoms with van der Waals surface area (Å²) in [5, 5.41) is 10.1. The number of aromatic nitrogens is 2. The van der Waals surface area contributed by atoms with Gasteiger partial charge in [0.25, 0.3) is 10.2 Å². The highest BCUT2D eigenvalue weighted by Gasteiger charge is 2.33. The van der Waals surface area contributed by atoms with Crippen LogP contribution in [0.25, 0.3) is 0 Å². The molecule has 3 heterocycles. The van der Waals surface area contributed by atoms with Crippen LogP contribution in [0.1, 0.15) is 22.9 Å². The number of rotatable bonds is 4. The van der Waals surface area contributed by atoms with Crippen molar-refractivity contribution < 1.29 is 8.42 Å². The first kappa shape index (κ1) is 15.3. The molecule has 3 rings (SSSR count). The Bertz CT molecular complexity index is 574. The van der Waals surface area contributed by atoms with Gasteiger partial charge in [0.05, 0.1) is 6.54 Å². The van der Waals surface area contributed by atoms with Crippen molar-refractivity contribution in [3.8, 4) is 0 Å². The average Bonchev–Trinajstić information content (AvgIpc) is 3.11. The molecular weight excluding hydrogens is 310 g/mol. The Labute approximate surface area is 129 Å². The normalized spacial score (nSPS) is 22.9. The monoisotopic (exact) mass is 331 g/mol. The fourth-order valence-corrected chi connectivity index (χ4v) is 5.22. The van der Waals surface area contributed by atoms with Crippen LogP contribution in [0.2, 0.25) is 0 Å². The molecule has 0 aliphatic carbocycles. The summed E-state index contributed by atoms with van der Waals surface area (Å²) in [6.45, 7) is 6.70. The third-order valence-electron chi connectivity index (χ3n) is 3.98. The van der Waals surface area contributed by atoms with E-state index in [1.54, 1.807) is 19.9 Å². The van der Waals surface area contributed by atoms with E-state index in [-0.39, 0.29) is 0 Å². The van der Waals surface area contributed by atoms with Gasteiger partial charge in [0.1, 0.15) is 10.0 Å². The molecule has 0 amide bonds. The van der Waals surface area contributed by atoms with Gasteiger partial charge in [0.2, 0.25) is 0 Å². The van der Waals surface area contributed by atoms with E-state index >= 15 is 0 Å². The quantitative estimate of drug-likeness (QED) is 0.794. The lowest BCUT2D eigenvalue weighted by Gasteiger charge is -2.35. The van der Waals surface area contributed by atoms with Gasteiger partial charge in [-0.1, -0.05) is 0 Å². The van der Waals surface area contributed by atoms with Crippen LogP contribution in [0.5, 0.6) is 0 Å². The van der Waals surface area contributed by atoms with E-state index in [1.165, 1.54) is 0 Å². The lowest BCUT2D eigenvalue weighted by Crippen LogP contribution is -2.52. The van der Waals surface area contributed by atoms with Gasteiger partial charge in [-0.15, -0.1) is 21.5 Å². The van der Waals surface area contributed by atoms with Crippen LogP contribution in [0.4, 0.5) is 0 Å². The average molecular weight is 331 g/mol. The molecule has 0 spiro atoms. The second-order valence-electron chi connectivity index (χ2n) is 5.50. The van der Waals surface area contributed by atoms with E-state index < -0.39 is 10.2 Å². The van der Waals surface area contributed by atoms with Gasteiger partial charge >= 0.3 is 0 Å². The Balaban J connectivity index is 1.55. The molecular formula is C12H21N5O2S2. The highest BCUT2D eigenvalue weighted by Crippen LogP contribution is 2.19. The third-order valence-corrected chi connectivity index (χ3v) is 6.83. The second kappa shape index (κ2) is 6.25.